The van der Waals surface area contributed by atoms with Crippen LogP contribution in [0.1, 0.15) is 41.0 Å². The SMILES string of the molecule is C=CC(=O)OC1C2CC3C1OC(C)(C)C3C2C(C)(C)OC(C)=O. The van der Waals surface area contributed by atoms with Crippen molar-refractivity contribution >= 4 is 11.9 Å². The fourth-order valence-electron chi connectivity index (χ4n) is 5.56. The van der Waals surface area contributed by atoms with Crippen LogP contribution in [0.25, 0.3) is 0 Å². The first-order valence-corrected chi connectivity index (χ1v) is 8.29. The van der Waals surface area contributed by atoms with Crippen molar-refractivity contribution in [3.05, 3.63) is 12.7 Å². The molecular weight excluding hydrogens is 296 g/mol. The molecule has 128 valence electrons. The topological polar surface area (TPSA) is 61.8 Å². The number of hydrogen-bond donors (Lipinski definition) is 0. The van der Waals surface area contributed by atoms with Crippen LogP contribution in [0.2, 0.25) is 0 Å². The molecule has 3 fully saturated rings. The number of rotatable bonds is 4. The Labute approximate surface area is 137 Å². The summed E-state index contributed by atoms with van der Waals surface area (Å²) in [5, 5.41) is 0. The number of hydrogen-bond acceptors (Lipinski definition) is 5. The third-order valence-corrected chi connectivity index (χ3v) is 5.89. The zero-order valence-electron chi connectivity index (χ0n) is 14.5. The van der Waals surface area contributed by atoms with Crippen molar-refractivity contribution < 1.29 is 23.8 Å². The van der Waals surface area contributed by atoms with E-state index in [1.807, 2.05) is 13.8 Å². The molecule has 6 unspecified atom stereocenters. The van der Waals surface area contributed by atoms with Crippen molar-refractivity contribution in [2.75, 3.05) is 0 Å². The number of ether oxygens (including phenoxy) is 3. The molecule has 5 nitrogen and oxygen atoms in total. The number of carbonyl (C=O) groups excluding carboxylic acids is 2. The third kappa shape index (κ3) is 2.40. The van der Waals surface area contributed by atoms with Gasteiger partial charge in [0.15, 0.2) is 0 Å². The maximum Gasteiger partial charge on any atom is 0.330 e. The van der Waals surface area contributed by atoms with Gasteiger partial charge in [-0.05, 0) is 46.0 Å². The monoisotopic (exact) mass is 322 g/mol. The van der Waals surface area contributed by atoms with Gasteiger partial charge in [0.25, 0.3) is 0 Å². The normalized spacial score (nSPS) is 40.0. The van der Waals surface area contributed by atoms with E-state index in [4.69, 9.17) is 14.2 Å². The lowest BCUT2D eigenvalue weighted by Gasteiger charge is -2.43. The van der Waals surface area contributed by atoms with E-state index in [0.29, 0.717) is 11.8 Å². The van der Waals surface area contributed by atoms with Gasteiger partial charge in [-0.2, -0.15) is 0 Å². The van der Waals surface area contributed by atoms with E-state index in [1.165, 1.54) is 13.0 Å². The van der Waals surface area contributed by atoms with E-state index < -0.39 is 11.6 Å². The fourth-order valence-corrected chi connectivity index (χ4v) is 5.56. The Balaban J connectivity index is 1.95. The molecule has 0 aromatic heterocycles. The molecule has 6 atom stereocenters. The zero-order chi connectivity index (χ0) is 17.2. The van der Waals surface area contributed by atoms with Crippen LogP contribution in [0.5, 0.6) is 0 Å². The van der Waals surface area contributed by atoms with Crippen LogP contribution in [0.4, 0.5) is 0 Å². The van der Waals surface area contributed by atoms with Gasteiger partial charge < -0.3 is 14.2 Å². The predicted molar refractivity (Wildman–Crippen MR) is 83.5 cm³/mol. The molecule has 2 saturated carbocycles. The fraction of sp³-hybridized carbons (Fsp3) is 0.778. The van der Waals surface area contributed by atoms with Gasteiger partial charge in [0, 0.05) is 24.8 Å². The number of carbonyl (C=O) groups is 2. The number of fused-ring (bicyclic) bond motifs is 1. The molecule has 1 saturated heterocycles. The molecule has 1 heterocycles. The van der Waals surface area contributed by atoms with Gasteiger partial charge in [-0.15, -0.1) is 0 Å². The highest BCUT2D eigenvalue weighted by Crippen LogP contribution is 2.66. The van der Waals surface area contributed by atoms with Gasteiger partial charge in [0.1, 0.15) is 11.7 Å². The summed E-state index contributed by atoms with van der Waals surface area (Å²) in [5.41, 5.74) is -0.938. The molecule has 0 amide bonds. The van der Waals surface area contributed by atoms with Crippen molar-refractivity contribution in [2.24, 2.45) is 23.7 Å². The highest BCUT2D eigenvalue weighted by Gasteiger charge is 2.72. The largest absolute Gasteiger partial charge is 0.460 e. The maximum absolute atomic E-state index is 11.7. The molecule has 1 aliphatic heterocycles. The van der Waals surface area contributed by atoms with Crippen LogP contribution in [-0.4, -0.2) is 35.3 Å². The molecule has 0 aromatic rings. The van der Waals surface area contributed by atoms with Crippen LogP contribution in [0.3, 0.4) is 0 Å². The second-order valence-corrected chi connectivity index (χ2v) is 8.10. The summed E-state index contributed by atoms with van der Waals surface area (Å²) in [7, 11) is 0. The molecule has 3 aliphatic rings. The average molecular weight is 322 g/mol. The second-order valence-electron chi connectivity index (χ2n) is 8.10. The second kappa shape index (κ2) is 5.07. The summed E-state index contributed by atoms with van der Waals surface area (Å²) in [5.74, 6) is 0.188. The Morgan fingerprint density at radius 1 is 1.30 bits per heavy atom. The first-order valence-electron chi connectivity index (χ1n) is 8.29. The highest BCUT2D eigenvalue weighted by molar-refractivity contribution is 5.81. The van der Waals surface area contributed by atoms with E-state index in [1.54, 1.807) is 0 Å². The Morgan fingerprint density at radius 2 is 1.96 bits per heavy atom. The van der Waals surface area contributed by atoms with Gasteiger partial charge in [0.2, 0.25) is 0 Å². The van der Waals surface area contributed by atoms with E-state index in [9.17, 15) is 9.59 Å². The minimum absolute atomic E-state index is 0.0618. The molecule has 2 bridgehead atoms. The maximum atomic E-state index is 11.7. The van der Waals surface area contributed by atoms with Crippen molar-refractivity contribution in [3.63, 3.8) is 0 Å². The predicted octanol–water partition coefficient (Wildman–Crippen LogP) is 2.49. The molecular formula is C18H26O5. The Kier molecular flexibility index (Phi) is 3.63. The summed E-state index contributed by atoms with van der Waals surface area (Å²) in [6.07, 6.45) is 1.79. The minimum atomic E-state index is -0.620. The quantitative estimate of drug-likeness (QED) is 0.588. The molecule has 0 radical (unpaired) electrons. The zero-order valence-corrected chi connectivity index (χ0v) is 14.5. The van der Waals surface area contributed by atoms with Gasteiger partial charge in [-0.3, -0.25) is 4.79 Å². The van der Waals surface area contributed by atoms with Crippen molar-refractivity contribution in [1.29, 1.82) is 0 Å². The van der Waals surface area contributed by atoms with Gasteiger partial charge in [-0.1, -0.05) is 6.58 Å². The van der Waals surface area contributed by atoms with Crippen LogP contribution < -0.4 is 0 Å². The van der Waals surface area contributed by atoms with Crippen LogP contribution in [-0.2, 0) is 23.8 Å². The van der Waals surface area contributed by atoms with Crippen molar-refractivity contribution in [2.45, 2.75) is 64.4 Å². The van der Waals surface area contributed by atoms with E-state index in [0.717, 1.165) is 6.42 Å². The lowest BCUT2D eigenvalue weighted by molar-refractivity contribution is -0.171. The van der Waals surface area contributed by atoms with Crippen LogP contribution in [0.15, 0.2) is 12.7 Å². The highest BCUT2D eigenvalue weighted by atomic mass is 16.6. The summed E-state index contributed by atoms with van der Waals surface area (Å²) < 4.78 is 17.5. The molecule has 0 N–H and O–H groups in total. The van der Waals surface area contributed by atoms with Crippen LogP contribution >= 0.6 is 0 Å². The van der Waals surface area contributed by atoms with Gasteiger partial charge in [-0.25, -0.2) is 4.79 Å². The molecule has 3 rings (SSSR count). The smallest absolute Gasteiger partial charge is 0.330 e. The first kappa shape index (κ1) is 16.5. The van der Waals surface area contributed by atoms with Crippen LogP contribution in [0, 0.1) is 23.7 Å². The van der Waals surface area contributed by atoms with Gasteiger partial charge >= 0.3 is 11.9 Å². The summed E-state index contributed by atoms with van der Waals surface area (Å²) in [6.45, 7) is 13.0. The molecule has 23 heavy (non-hydrogen) atoms. The minimum Gasteiger partial charge on any atom is -0.460 e. The Bertz CT molecular complexity index is 550. The van der Waals surface area contributed by atoms with E-state index >= 15 is 0 Å². The lowest BCUT2D eigenvalue weighted by Crippen LogP contribution is -2.51. The Hall–Kier alpha value is -1.36. The first-order chi connectivity index (χ1) is 10.6. The molecule has 5 heteroatoms. The lowest BCUT2D eigenvalue weighted by atomic mass is 9.66. The Morgan fingerprint density at radius 3 is 2.52 bits per heavy atom. The molecule has 2 aliphatic carbocycles. The summed E-state index contributed by atoms with van der Waals surface area (Å²) in [6, 6.07) is 0. The summed E-state index contributed by atoms with van der Waals surface area (Å²) >= 11 is 0. The number of esters is 2. The van der Waals surface area contributed by atoms with E-state index in [2.05, 4.69) is 20.4 Å². The van der Waals surface area contributed by atoms with Crippen molar-refractivity contribution in [3.8, 4) is 0 Å². The van der Waals surface area contributed by atoms with E-state index in [-0.39, 0.29) is 35.6 Å². The van der Waals surface area contributed by atoms with Crippen molar-refractivity contribution in [1.82, 2.24) is 0 Å². The summed E-state index contributed by atoms with van der Waals surface area (Å²) in [4.78, 5) is 23.3. The standard InChI is InChI=1S/C18H26O5/c1-7-12(20)21-15-10-8-11-14(18(5,6)23-16(11)15)13(10)17(3,4)22-9(2)19/h7,10-11,13-16H,1,8H2,2-6H3. The average Bonchev–Trinajstić information content (AvgIpc) is 2.99. The molecule has 0 spiro atoms. The molecule has 0 aromatic carbocycles. The van der Waals surface area contributed by atoms with Gasteiger partial charge in [0.05, 0.1) is 11.7 Å². The third-order valence-electron chi connectivity index (χ3n) is 5.89.